The van der Waals surface area contributed by atoms with Crippen LogP contribution >= 0.6 is 0 Å². The zero-order chi connectivity index (χ0) is 17.2. The van der Waals surface area contributed by atoms with E-state index in [0.29, 0.717) is 12.8 Å². The standard InChI is InChI=1S/C19H19FN2O2/c1-13-4-2-3-5-16(13)22-18(24)19(10-11-19)17(23)21-12-14-6-8-15(20)9-7-14/h2-9H,10-12H2,1H3,(H,21,23)(H,22,24). The van der Waals surface area contributed by atoms with Crippen molar-refractivity contribution in [2.75, 3.05) is 5.32 Å². The predicted octanol–water partition coefficient (Wildman–Crippen LogP) is 3.17. The third-order valence-corrected chi connectivity index (χ3v) is 4.38. The number of rotatable bonds is 5. The van der Waals surface area contributed by atoms with Gasteiger partial charge in [0, 0.05) is 12.2 Å². The molecule has 5 heteroatoms. The van der Waals surface area contributed by atoms with E-state index in [1.54, 1.807) is 12.1 Å². The molecule has 0 aliphatic heterocycles. The maximum absolute atomic E-state index is 12.9. The van der Waals surface area contributed by atoms with Crippen LogP contribution in [0.3, 0.4) is 0 Å². The summed E-state index contributed by atoms with van der Waals surface area (Å²) in [4.78, 5) is 25.0. The first-order chi connectivity index (χ1) is 11.5. The molecule has 1 aliphatic rings. The smallest absolute Gasteiger partial charge is 0.240 e. The lowest BCUT2D eigenvalue weighted by Gasteiger charge is -2.16. The zero-order valence-corrected chi connectivity index (χ0v) is 13.4. The van der Waals surface area contributed by atoms with Crippen molar-refractivity contribution in [2.45, 2.75) is 26.3 Å². The van der Waals surface area contributed by atoms with Crippen LogP contribution in [0, 0.1) is 18.2 Å². The Morgan fingerprint density at radius 1 is 1.04 bits per heavy atom. The van der Waals surface area contributed by atoms with E-state index < -0.39 is 5.41 Å². The first-order valence-corrected chi connectivity index (χ1v) is 7.91. The number of amides is 2. The molecule has 2 aromatic carbocycles. The van der Waals surface area contributed by atoms with Crippen molar-refractivity contribution in [1.82, 2.24) is 5.32 Å². The summed E-state index contributed by atoms with van der Waals surface area (Å²) in [5.74, 6) is -0.868. The lowest BCUT2D eigenvalue weighted by atomic mass is 10.0. The third-order valence-electron chi connectivity index (χ3n) is 4.38. The first kappa shape index (κ1) is 16.2. The maximum atomic E-state index is 12.9. The minimum absolute atomic E-state index is 0.270. The molecule has 0 bridgehead atoms. The van der Waals surface area contributed by atoms with Crippen LogP contribution < -0.4 is 10.6 Å². The number of halogens is 1. The van der Waals surface area contributed by atoms with E-state index in [1.807, 2.05) is 31.2 Å². The van der Waals surface area contributed by atoms with Gasteiger partial charge in [-0.15, -0.1) is 0 Å². The number of nitrogens with one attached hydrogen (secondary N) is 2. The molecule has 24 heavy (non-hydrogen) atoms. The Morgan fingerprint density at radius 2 is 1.71 bits per heavy atom. The van der Waals surface area contributed by atoms with Gasteiger partial charge in [0.25, 0.3) is 0 Å². The van der Waals surface area contributed by atoms with Crippen LogP contribution in [0.2, 0.25) is 0 Å². The van der Waals surface area contributed by atoms with Crippen LogP contribution in [0.5, 0.6) is 0 Å². The van der Waals surface area contributed by atoms with Crippen molar-refractivity contribution >= 4 is 17.5 Å². The van der Waals surface area contributed by atoms with Gasteiger partial charge in [-0.25, -0.2) is 4.39 Å². The van der Waals surface area contributed by atoms with Gasteiger partial charge in [0.2, 0.25) is 11.8 Å². The van der Waals surface area contributed by atoms with Crippen molar-refractivity contribution in [2.24, 2.45) is 5.41 Å². The Balaban J connectivity index is 1.62. The molecule has 1 fully saturated rings. The second kappa shape index (κ2) is 6.43. The van der Waals surface area contributed by atoms with Crippen LogP contribution in [0.25, 0.3) is 0 Å². The number of benzene rings is 2. The maximum Gasteiger partial charge on any atom is 0.240 e. The summed E-state index contributed by atoms with van der Waals surface area (Å²) >= 11 is 0. The van der Waals surface area contributed by atoms with Crippen molar-refractivity contribution < 1.29 is 14.0 Å². The van der Waals surface area contributed by atoms with Gasteiger partial charge >= 0.3 is 0 Å². The largest absolute Gasteiger partial charge is 0.351 e. The summed E-state index contributed by atoms with van der Waals surface area (Å²) in [6, 6.07) is 13.4. The van der Waals surface area contributed by atoms with Gasteiger partial charge in [-0.3, -0.25) is 9.59 Å². The first-order valence-electron chi connectivity index (χ1n) is 7.91. The van der Waals surface area contributed by atoms with Crippen LogP contribution in [-0.2, 0) is 16.1 Å². The fourth-order valence-corrected chi connectivity index (χ4v) is 2.59. The van der Waals surface area contributed by atoms with Crippen molar-refractivity contribution in [3.63, 3.8) is 0 Å². The molecule has 0 aromatic heterocycles. The molecule has 2 aromatic rings. The fourth-order valence-electron chi connectivity index (χ4n) is 2.59. The van der Waals surface area contributed by atoms with E-state index in [9.17, 15) is 14.0 Å². The second-order valence-corrected chi connectivity index (χ2v) is 6.16. The molecular weight excluding hydrogens is 307 g/mol. The molecule has 3 rings (SSSR count). The molecular formula is C19H19FN2O2. The number of aryl methyl sites for hydroxylation is 1. The van der Waals surface area contributed by atoms with Crippen LogP contribution in [0.1, 0.15) is 24.0 Å². The van der Waals surface area contributed by atoms with Gasteiger partial charge in [0.05, 0.1) is 0 Å². The summed E-state index contributed by atoms with van der Waals surface area (Å²) in [5, 5.41) is 5.63. The summed E-state index contributed by atoms with van der Waals surface area (Å²) in [6.07, 6.45) is 1.08. The van der Waals surface area contributed by atoms with E-state index >= 15 is 0 Å². The highest BCUT2D eigenvalue weighted by Crippen LogP contribution is 2.47. The number of anilines is 1. The van der Waals surface area contributed by atoms with Crippen molar-refractivity contribution in [1.29, 1.82) is 0 Å². The van der Waals surface area contributed by atoms with E-state index in [0.717, 1.165) is 16.8 Å². The second-order valence-electron chi connectivity index (χ2n) is 6.16. The molecule has 4 nitrogen and oxygen atoms in total. The van der Waals surface area contributed by atoms with E-state index in [2.05, 4.69) is 10.6 Å². The molecule has 0 spiro atoms. The monoisotopic (exact) mass is 326 g/mol. The van der Waals surface area contributed by atoms with Gasteiger partial charge in [-0.2, -0.15) is 0 Å². The lowest BCUT2D eigenvalue weighted by Crippen LogP contribution is -2.39. The molecule has 0 saturated heterocycles. The van der Waals surface area contributed by atoms with Gasteiger partial charge in [-0.05, 0) is 49.1 Å². The number of carbonyl (C=O) groups excluding carboxylic acids is 2. The number of carbonyl (C=O) groups is 2. The van der Waals surface area contributed by atoms with Gasteiger partial charge < -0.3 is 10.6 Å². The molecule has 0 heterocycles. The Bertz CT molecular complexity index is 767. The lowest BCUT2D eigenvalue weighted by molar-refractivity contribution is -0.134. The summed E-state index contributed by atoms with van der Waals surface area (Å²) < 4.78 is 12.9. The number of hydrogen-bond acceptors (Lipinski definition) is 2. The topological polar surface area (TPSA) is 58.2 Å². The molecule has 2 amide bonds. The zero-order valence-electron chi connectivity index (χ0n) is 13.4. The number of hydrogen-bond donors (Lipinski definition) is 2. The molecule has 1 saturated carbocycles. The highest BCUT2D eigenvalue weighted by atomic mass is 19.1. The minimum atomic E-state index is -0.984. The molecule has 0 atom stereocenters. The van der Waals surface area contributed by atoms with Crippen LogP contribution in [-0.4, -0.2) is 11.8 Å². The van der Waals surface area contributed by atoms with E-state index in [4.69, 9.17) is 0 Å². The van der Waals surface area contributed by atoms with E-state index in [1.165, 1.54) is 12.1 Å². The summed E-state index contributed by atoms with van der Waals surface area (Å²) in [5.41, 5.74) is 1.48. The Morgan fingerprint density at radius 3 is 2.33 bits per heavy atom. The highest BCUT2D eigenvalue weighted by Gasteiger charge is 2.56. The molecule has 0 unspecified atom stereocenters. The predicted molar refractivity (Wildman–Crippen MR) is 89.7 cm³/mol. The SMILES string of the molecule is Cc1ccccc1NC(=O)C1(C(=O)NCc2ccc(F)cc2)CC1. The molecule has 2 N–H and O–H groups in total. The van der Waals surface area contributed by atoms with E-state index in [-0.39, 0.29) is 24.2 Å². The van der Waals surface area contributed by atoms with Crippen molar-refractivity contribution in [3.8, 4) is 0 Å². The number of para-hydroxylation sites is 1. The minimum Gasteiger partial charge on any atom is -0.351 e. The summed E-state index contributed by atoms with van der Waals surface area (Å²) in [6.45, 7) is 2.18. The van der Waals surface area contributed by atoms with Crippen LogP contribution in [0.4, 0.5) is 10.1 Å². The van der Waals surface area contributed by atoms with Gasteiger partial charge in [0.15, 0.2) is 0 Å². The Hall–Kier alpha value is -2.69. The van der Waals surface area contributed by atoms with Crippen molar-refractivity contribution in [3.05, 3.63) is 65.5 Å². The van der Waals surface area contributed by atoms with Crippen LogP contribution in [0.15, 0.2) is 48.5 Å². The quantitative estimate of drug-likeness (QED) is 0.829. The Labute approximate surface area is 140 Å². The average molecular weight is 326 g/mol. The van der Waals surface area contributed by atoms with Gasteiger partial charge in [0.1, 0.15) is 11.2 Å². The molecule has 0 radical (unpaired) electrons. The highest BCUT2D eigenvalue weighted by molar-refractivity contribution is 6.13. The third kappa shape index (κ3) is 3.30. The fraction of sp³-hybridized carbons (Fsp3) is 0.263. The average Bonchev–Trinajstić information content (AvgIpc) is 3.38. The Kier molecular flexibility index (Phi) is 4.34. The normalized spacial score (nSPS) is 14.8. The molecule has 124 valence electrons. The van der Waals surface area contributed by atoms with Gasteiger partial charge in [-0.1, -0.05) is 30.3 Å². The summed E-state index contributed by atoms with van der Waals surface area (Å²) in [7, 11) is 0. The molecule has 1 aliphatic carbocycles.